The first kappa shape index (κ1) is 19.3. The second-order valence-corrected chi connectivity index (χ2v) is 6.75. The maximum Gasteiger partial charge on any atom is 0.344 e. The number of aromatic nitrogens is 2. The molecule has 30 heavy (non-hydrogen) atoms. The van der Waals surface area contributed by atoms with Gasteiger partial charge in [-0.15, -0.1) is 0 Å². The van der Waals surface area contributed by atoms with Gasteiger partial charge < -0.3 is 4.74 Å². The average molecular weight is 396 g/mol. The third-order valence-electron chi connectivity index (χ3n) is 4.76. The van der Waals surface area contributed by atoms with Crippen LogP contribution in [0.1, 0.15) is 15.9 Å². The van der Waals surface area contributed by atoms with Gasteiger partial charge in [0.2, 0.25) is 0 Å². The molecule has 1 aromatic heterocycles. The molecule has 148 valence electrons. The van der Waals surface area contributed by atoms with Gasteiger partial charge in [-0.1, -0.05) is 91.0 Å². The lowest BCUT2D eigenvalue weighted by Crippen LogP contribution is -2.24. The molecule has 1 heterocycles. The van der Waals surface area contributed by atoms with Gasteiger partial charge in [0.15, 0.2) is 0 Å². The number of aromatic amines is 1. The normalized spacial score (nSPS) is 10.5. The molecule has 0 atom stereocenters. The van der Waals surface area contributed by atoms with Crippen LogP contribution < -0.4 is 5.56 Å². The number of hydrogen-bond acceptors (Lipinski definition) is 4. The summed E-state index contributed by atoms with van der Waals surface area (Å²) in [4.78, 5) is 25.6. The largest absolute Gasteiger partial charge is 0.462 e. The van der Waals surface area contributed by atoms with E-state index in [1.54, 1.807) is 0 Å². The molecule has 1 N–H and O–H groups in total. The summed E-state index contributed by atoms with van der Waals surface area (Å²) < 4.78 is 5.48. The number of nitrogens with one attached hydrogen (secondary N) is 1. The summed E-state index contributed by atoms with van der Waals surface area (Å²) in [7, 11) is 0. The lowest BCUT2D eigenvalue weighted by molar-refractivity contribution is 0.0508. The first-order valence-corrected chi connectivity index (χ1v) is 9.68. The molecule has 0 saturated carbocycles. The SMILES string of the molecule is O=C(OCCc1ccccc1)c1c(-c2ccccc2)c(-c2ccccc2)n[nH]c1=O. The second-order valence-electron chi connectivity index (χ2n) is 6.75. The Kier molecular flexibility index (Phi) is 5.80. The first-order chi connectivity index (χ1) is 14.7. The summed E-state index contributed by atoms with van der Waals surface area (Å²) in [5, 5.41) is 6.71. The summed E-state index contributed by atoms with van der Waals surface area (Å²) in [5.41, 5.74) is 2.96. The van der Waals surface area contributed by atoms with Gasteiger partial charge in [0.1, 0.15) is 5.56 Å². The van der Waals surface area contributed by atoms with Gasteiger partial charge in [0.25, 0.3) is 5.56 Å². The molecule has 0 amide bonds. The molecule has 0 aliphatic heterocycles. The zero-order chi connectivity index (χ0) is 20.8. The van der Waals surface area contributed by atoms with Crippen molar-refractivity contribution >= 4 is 5.97 Å². The van der Waals surface area contributed by atoms with E-state index in [9.17, 15) is 9.59 Å². The Bertz CT molecular complexity index is 1190. The maximum absolute atomic E-state index is 13.0. The molecular weight excluding hydrogens is 376 g/mol. The van der Waals surface area contributed by atoms with Crippen molar-refractivity contribution in [3.05, 3.63) is 112 Å². The van der Waals surface area contributed by atoms with E-state index in [0.29, 0.717) is 17.7 Å². The quantitative estimate of drug-likeness (QED) is 0.487. The number of ether oxygens (including phenoxy) is 1. The minimum Gasteiger partial charge on any atom is -0.462 e. The van der Waals surface area contributed by atoms with Crippen LogP contribution in [-0.4, -0.2) is 22.8 Å². The first-order valence-electron chi connectivity index (χ1n) is 9.68. The van der Waals surface area contributed by atoms with Crippen LogP contribution in [0, 0.1) is 0 Å². The van der Waals surface area contributed by atoms with Crippen molar-refractivity contribution in [1.82, 2.24) is 10.2 Å². The minimum absolute atomic E-state index is 0.0388. The number of hydrogen-bond donors (Lipinski definition) is 1. The number of rotatable bonds is 6. The highest BCUT2D eigenvalue weighted by Crippen LogP contribution is 2.31. The average Bonchev–Trinajstić information content (AvgIpc) is 2.80. The Labute approximate surface area is 174 Å². The van der Waals surface area contributed by atoms with Crippen molar-refractivity contribution in [3.8, 4) is 22.4 Å². The molecule has 4 aromatic rings. The minimum atomic E-state index is -0.661. The van der Waals surface area contributed by atoms with Crippen molar-refractivity contribution in [1.29, 1.82) is 0 Å². The summed E-state index contributed by atoms with van der Waals surface area (Å²) >= 11 is 0. The summed E-state index contributed by atoms with van der Waals surface area (Å²) in [6.45, 7) is 0.180. The van der Waals surface area contributed by atoms with E-state index in [2.05, 4.69) is 10.2 Å². The van der Waals surface area contributed by atoms with Crippen LogP contribution in [0.25, 0.3) is 22.4 Å². The smallest absolute Gasteiger partial charge is 0.344 e. The van der Waals surface area contributed by atoms with Crippen LogP contribution in [0.15, 0.2) is 95.8 Å². The third-order valence-corrected chi connectivity index (χ3v) is 4.76. The highest BCUT2D eigenvalue weighted by atomic mass is 16.5. The Morgan fingerprint density at radius 1 is 0.800 bits per heavy atom. The molecule has 0 aliphatic carbocycles. The van der Waals surface area contributed by atoms with Gasteiger partial charge in [-0.05, 0) is 11.1 Å². The number of esters is 1. The highest BCUT2D eigenvalue weighted by Gasteiger charge is 2.24. The van der Waals surface area contributed by atoms with E-state index in [4.69, 9.17) is 4.74 Å². The fraction of sp³-hybridized carbons (Fsp3) is 0.0800. The fourth-order valence-corrected chi connectivity index (χ4v) is 3.31. The van der Waals surface area contributed by atoms with Gasteiger partial charge in [-0.3, -0.25) is 4.79 Å². The maximum atomic E-state index is 13.0. The third kappa shape index (κ3) is 4.20. The molecule has 0 radical (unpaired) electrons. The van der Waals surface area contributed by atoms with Gasteiger partial charge >= 0.3 is 5.97 Å². The molecule has 3 aromatic carbocycles. The number of H-pyrrole nitrogens is 1. The van der Waals surface area contributed by atoms with E-state index < -0.39 is 11.5 Å². The number of benzene rings is 3. The fourth-order valence-electron chi connectivity index (χ4n) is 3.31. The lowest BCUT2D eigenvalue weighted by atomic mass is 9.95. The predicted molar refractivity (Wildman–Crippen MR) is 116 cm³/mol. The van der Waals surface area contributed by atoms with E-state index in [0.717, 1.165) is 16.7 Å². The van der Waals surface area contributed by atoms with Crippen LogP contribution in [-0.2, 0) is 11.2 Å². The Balaban J connectivity index is 1.73. The van der Waals surface area contributed by atoms with Crippen LogP contribution in [0.4, 0.5) is 0 Å². The molecular formula is C25H20N2O3. The summed E-state index contributed by atoms with van der Waals surface area (Å²) in [6, 6.07) is 28.5. The van der Waals surface area contributed by atoms with Crippen molar-refractivity contribution in [2.24, 2.45) is 0 Å². The monoisotopic (exact) mass is 396 g/mol. The van der Waals surface area contributed by atoms with Crippen molar-refractivity contribution in [2.45, 2.75) is 6.42 Å². The molecule has 5 nitrogen and oxygen atoms in total. The number of carbonyl (C=O) groups excluding carboxylic acids is 1. The van der Waals surface area contributed by atoms with Gasteiger partial charge in [0, 0.05) is 17.5 Å². The molecule has 0 fully saturated rings. The summed E-state index contributed by atoms with van der Waals surface area (Å²) in [6.07, 6.45) is 0.571. The van der Waals surface area contributed by atoms with E-state index in [-0.39, 0.29) is 12.2 Å². The standard InChI is InChI=1S/C25H20N2O3/c28-24-22(25(29)30-17-16-18-10-4-1-5-11-18)21(19-12-6-2-7-13-19)23(26-27-24)20-14-8-3-9-15-20/h1-15H,16-17H2,(H,27,28). The highest BCUT2D eigenvalue weighted by molar-refractivity contribution is 6.00. The molecule has 4 rings (SSSR count). The molecule has 0 bridgehead atoms. The van der Waals surface area contributed by atoms with Gasteiger partial charge in [-0.2, -0.15) is 5.10 Å². The van der Waals surface area contributed by atoms with E-state index >= 15 is 0 Å². The Hall–Kier alpha value is -3.99. The summed E-state index contributed by atoms with van der Waals surface area (Å²) in [5.74, 6) is -0.661. The Morgan fingerprint density at radius 3 is 2.00 bits per heavy atom. The molecule has 5 heteroatoms. The number of carbonyl (C=O) groups is 1. The lowest BCUT2D eigenvalue weighted by Gasteiger charge is -2.13. The predicted octanol–water partition coefficient (Wildman–Crippen LogP) is 4.50. The van der Waals surface area contributed by atoms with Crippen LogP contribution in [0.5, 0.6) is 0 Å². The zero-order valence-corrected chi connectivity index (χ0v) is 16.2. The number of nitrogens with zero attached hydrogens (tertiary/aromatic N) is 1. The van der Waals surface area contributed by atoms with Crippen molar-refractivity contribution < 1.29 is 9.53 Å². The topological polar surface area (TPSA) is 72.0 Å². The molecule has 0 spiro atoms. The van der Waals surface area contributed by atoms with Crippen LogP contribution >= 0.6 is 0 Å². The zero-order valence-electron chi connectivity index (χ0n) is 16.2. The van der Waals surface area contributed by atoms with Crippen molar-refractivity contribution in [3.63, 3.8) is 0 Å². The molecule has 0 unspecified atom stereocenters. The second kappa shape index (κ2) is 9.01. The molecule has 0 saturated heterocycles. The van der Waals surface area contributed by atoms with Crippen molar-refractivity contribution in [2.75, 3.05) is 6.61 Å². The van der Waals surface area contributed by atoms with E-state index in [1.165, 1.54) is 0 Å². The van der Waals surface area contributed by atoms with Gasteiger partial charge in [-0.25, -0.2) is 9.89 Å². The van der Waals surface area contributed by atoms with E-state index in [1.807, 2.05) is 91.0 Å². The Morgan fingerprint density at radius 2 is 1.37 bits per heavy atom. The van der Waals surface area contributed by atoms with Crippen LogP contribution in [0.3, 0.4) is 0 Å². The van der Waals surface area contributed by atoms with Crippen LogP contribution in [0.2, 0.25) is 0 Å². The van der Waals surface area contributed by atoms with Gasteiger partial charge in [0.05, 0.1) is 12.3 Å². The molecule has 0 aliphatic rings.